The molecule has 1 N–H and O–H groups in total. The highest BCUT2D eigenvalue weighted by molar-refractivity contribution is 4.73. The number of likely N-dealkylation sites (N-methyl/N-ethyl adjacent to an activating group) is 1. The van der Waals surface area contributed by atoms with E-state index in [2.05, 4.69) is 20.0 Å². The standard InChI is InChI=1S/C7H13N3O2/c1-6(3-8-2)11-4-7-9-5-12-10-7/h5-6,8H,3-4H2,1-2H3. The molecule has 0 saturated heterocycles. The maximum Gasteiger partial charge on any atom is 0.213 e. The smallest absolute Gasteiger partial charge is 0.213 e. The van der Waals surface area contributed by atoms with Crippen molar-refractivity contribution in [2.75, 3.05) is 13.6 Å². The summed E-state index contributed by atoms with van der Waals surface area (Å²) in [6.07, 6.45) is 1.45. The summed E-state index contributed by atoms with van der Waals surface area (Å²) in [7, 11) is 1.88. The van der Waals surface area contributed by atoms with Crippen LogP contribution in [0.2, 0.25) is 0 Å². The molecule has 1 aromatic heterocycles. The highest BCUT2D eigenvalue weighted by atomic mass is 16.5. The zero-order chi connectivity index (χ0) is 8.81. The van der Waals surface area contributed by atoms with E-state index in [4.69, 9.17) is 4.74 Å². The SMILES string of the molecule is CNCC(C)OCc1ncon1. The van der Waals surface area contributed by atoms with Crippen molar-refractivity contribution in [3.05, 3.63) is 12.2 Å². The first-order valence-corrected chi connectivity index (χ1v) is 3.84. The first-order chi connectivity index (χ1) is 5.83. The highest BCUT2D eigenvalue weighted by Crippen LogP contribution is 1.96. The Bertz CT molecular complexity index is 200. The molecule has 1 atom stereocenters. The average molecular weight is 171 g/mol. The molecule has 68 valence electrons. The lowest BCUT2D eigenvalue weighted by molar-refractivity contribution is 0.0493. The Morgan fingerprint density at radius 2 is 2.58 bits per heavy atom. The molecule has 1 rings (SSSR count). The molecule has 0 saturated carbocycles. The van der Waals surface area contributed by atoms with E-state index in [1.165, 1.54) is 6.39 Å². The summed E-state index contributed by atoms with van der Waals surface area (Å²) >= 11 is 0. The number of rotatable bonds is 5. The van der Waals surface area contributed by atoms with Crippen molar-refractivity contribution >= 4 is 0 Å². The lowest BCUT2D eigenvalue weighted by Crippen LogP contribution is -2.23. The van der Waals surface area contributed by atoms with Crippen molar-refractivity contribution in [3.8, 4) is 0 Å². The van der Waals surface area contributed by atoms with Crippen LogP contribution in [-0.4, -0.2) is 29.8 Å². The zero-order valence-electron chi connectivity index (χ0n) is 7.28. The summed E-state index contributed by atoms with van der Waals surface area (Å²) < 4.78 is 9.93. The molecular formula is C7H13N3O2. The van der Waals surface area contributed by atoms with Gasteiger partial charge in [-0.25, -0.2) is 0 Å². The topological polar surface area (TPSA) is 60.2 Å². The van der Waals surface area contributed by atoms with Gasteiger partial charge in [0, 0.05) is 6.54 Å². The van der Waals surface area contributed by atoms with Gasteiger partial charge in [-0.15, -0.1) is 0 Å². The summed E-state index contributed by atoms with van der Waals surface area (Å²) in [6, 6.07) is 0. The van der Waals surface area contributed by atoms with Gasteiger partial charge in [-0.05, 0) is 14.0 Å². The molecule has 1 heterocycles. The molecule has 0 amide bonds. The molecule has 0 aromatic carbocycles. The fourth-order valence-electron chi connectivity index (χ4n) is 0.819. The third kappa shape index (κ3) is 2.98. The Morgan fingerprint density at radius 1 is 1.75 bits per heavy atom. The number of nitrogens with one attached hydrogen (secondary N) is 1. The number of nitrogens with zero attached hydrogens (tertiary/aromatic N) is 2. The summed E-state index contributed by atoms with van der Waals surface area (Å²) in [5, 5.41) is 6.63. The van der Waals surface area contributed by atoms with Gasteiger partial charge < -0.3 is 14.6 Å². The predicted molar refractivity (Wildman–Crippen MR) is 42.5 cm³/mol. The minimum absolute atomic E-state index is 0.161. The predicted octanol–water partition coefficient (Wildman–Crippen LogP) is 0.194. The first kappa shape index (κ1) is 9.15. The van der Waals surface area contributed by atoms with Gasteiger partial charge in [0.15, 0.2) is 5.82 Å². The molecule has 5 nitrogen and oxygen atoms in total. The van der Waals surface area contributed by atoms with Crippen LogP contribution in [0.4, 0.5) is 0 Å². The van der Waals surface area contributed by atoms with Crippen LogP contribution in [0, 0.1) is 0 Å². The van der Waals surface area contributed by atoms with E-state index in [-0.39, 0.29) is 6.10 Å². The van der Waals surface area contributed by atoms with Crippen LogP contribution in [0.5, 0.6) is 0 Å². The molecule has 0 radical (unpaired) electrons. The van der Waals surface area contributed by atoms with Gasteiger partial charge in [-0.3, -0.25) is 0 Å². The summed E-state index contributed by atoms with van der Waals surface area (Å²) in [5.41, 5.74) is 0. The fraction of sp³-hybridized carbons (Fsp3) is 0.714. The lowest BCUT2D eigenvalue weighted by Gasteiger charge is -2.09. The van der Waals surface area contributed by atoms with E-state index in [0.717, 1.165) is 6.54 Å². The molecule has 0 aliphatic heterocycles. The van der Waals surface area contributed by atoms with Crippen LogP contribution in [0.25, 0.3) is 0 Å². The normalized spacial score (nSPS) is 13.2. The van der Waals surface area contributed by atoms with Crippen LogP contribution < -0.4 is 5.32 Å². The quantitative estimate of drug-likeness (QED) is 0.685. The average Bonchev–Trinajstić information content (AvgIpc) is 2.53. The minimum Gasteiger partial charge on any atom is -0.369 e. The van der Waals surface area contributed by atoms with Crippen LogP contribution in [-0.2, 0) is 11.3 Å². The van der Waals surface area contributed by atoms with Gasteiger partial charge in [-0.2, -0.15) is 4.98 Å². The zero-order valence-corrected chi connectivity index (χ0v) is 7.28. The Hall–Kier alpha value is -0.940. The molecule has 0 fully saturated rings. The van der Waals surface area contributed by atoms with Crippen LogP contribution in [0.3, 0.4) is 0 Å². The molecule has 5 heteroatoms. The summed E-state index contributed by atoms with van der Waals surface area (Å²) in [6.45, 7) is 3.20. The minimum atomic E-state index is 0.161. The van der Waals surface area contributed by atoms with Crippen molar-refractivity contribution < 1.29 is 9.26 Å². The molecular weight excluding hydrogens is 158 g/mol. The number of ether oxygens (including phenoxy) is 1. The van der Waals surface area contributed by atoms with Crippen LogP contribution >= 0.6 is 0 Å². The Labute approximate surface area is 71.1 Å². The molecule has 0 aliphatic rings. The lowest BCUT2D eigenvalue weighted by atomic mass is 10.4. The van der Waals surface area contributed by atoms with E-state index >= 15 is 0 Å². The largest absolute Gasteiger partial charge is 0.369 e. The Balaban J connectivity index is 2.17. The Kier molecular flexibility index (Phi) is 3.69. The second-order valence-electron chi connectivity index (χ2n) is 2.53. The maximum absolute atomic E-state index is 5.38. The third-order valence-corrected chi connectivity index (χ3v) is 1.40. The Morgan fingerprint density at radius 3 is 3.17 bits per heavy atom. The number of hydrogen-bond acceptors (Lipinski definition) is 5. The molecule has 0 spiro atoms. The van der Waals surface area contributed by atoms with Crippen LogP contribution in [0.15, 0.2) is 10.9 Å². The molecule has 0 bridgehead atoms. The van der Waals surface area contributed by atoms with Crippen molar-refractivity contribution in [3.63, 3.8) is 0 Å². The molecule has 0 aliphatic carbocycles. The fourth-order valence-corrected chi connectivity index (χ4v) is 0.819. The van der Waals surface area contributed by atoms with Gasteiger partial charge in [-0.1, -0.05) is 5.16 Å². The third-order valence-electron chi connectivity index (χ3n) is 1.40. The molecule has 12 heavy (non-hydrogen) atoms. The van der Waals surface area contributed by atoms with E-state index in [1.54, 1.807) is 0 Å². The first-order valence-electron chi connectivity index (χ1n) is 3.84. The van der Waals surface area contributed by atoms with Gasteiger partial charge in [0.1, 0.15) is 6.61 Å². The van der Waals surface area contributed by atoms with Crippen LogP contribution in [0.1, 0.15) is 12.7 Å². The highest BCUT2D eigenvalue weighted by Gasteiger charge is 2.03. The van der Waals surface area contributed by atoms with Crippen molar-refractivity contribution in [2.45, 2.75) is 19.6 Å². The van der Waals surface area contributed by atoms with Gasteiger partial charge in [0.2, 0.25) is 6.39 Å². The second-order valence-corrected chi connectivity index (χ2v) is 2.53. The van der Waals surface area contributed by atoms with Crippen molar-refractivity contribution in [1.82, 2.24) is 15.5 Å². The second kappa shape index (κ2) is 4.84. The van der Waals surface area contributed by atoms with Gasteiger partial charge >= 0.3 is 0 Å². The number of hydrogen-bond donors (Lipinski definition) is 1. The monoisotopic (exact) mass is 171 g/mol. The number of aromatic nitrogens is 2. The van der Waals surface area contributed by atoms with E-state index < -0.39 is 0 Å². The van der Waals surface area contributed by atoms with E-state index in [1.807, 2.05) is 14.0 Å². The van der Waals surface area contributed by atoms with Gasteiger partial charge in [0.05, 0.1) is 6.10 Å². The molecule has 1 unspecified atom stereocenters. The van der Waals surface area contributed by atoms with E-state index in [0.29, 0.717) is 12.4 Å². The van der Waals surface area contributed by atoms with E-state index in [9.17, 15) is 0 Å². The summed E-state index contributed by atoms with van der Waals surface area (Å²) in [4.78, 5) is 3.83. The van der Waals surface area contributed by atoms with Crippen molar-refractivity contribution in [2.24, 2.45) is 0 Å². The van der Waals surface area contributed by atoms with Crippen molar-refractivity contribution in [1.29, 1.82) is 0 Å². The molecule has 1 aromatic rings. The van der Waals surface area contributed by atoms with Gasteiger partial charge in [0.25, 0.3) is 0 Å². The summed E-state index contributed by atoms with van der Waals surface area (Å²) in [5.74, 6) is 0.581. The maximum atomic E-state index is 5.38.